The summed E-state index contributed by atoms with van der Waals surface area (Å²) in [5.74, 6) is 0.182. The highest BCUT2D eigenvalue weighted by atomic mass is 35.5. The number of imidazole rings is 1. The average Bonchev–Trinajstić information content (AvgIpc) is 3.16. The minimum Gasteiger partial charge on any atom is -0.328 e. The third kappa shape index (κ3) is 3.88. The number of hydrogen-bond acceptors (Lipinski definition) is 4. The zero-order valence-corrected chi connectivity index (χ0v) is 16.4. The first-order valence-electron chi connectivity index (χ1n) is 8.30. The van der Waals surface area contributed by atoms with Crippen molar-refractivity contribution in [2.24, 2.45) is 12.0 Å². The number of alkyl halides is 3. The molecule has 0 unspecified atom stereocenters. The second-order valence-electron chi connectivity index (χ2n) is 6.16. The van der Waals surface area contributed by atoms with Crippen molar-refractivity contribution in [3.8, 4) is 0 Å². The maximum absolute atomic E-state index is 13.0. The fourth-order valence-corrected chi connectivity index (χ4v) is 3.84. The highest BCUT2D eigenvalue weighted by molar-refractivity contribution is 8.18. The van der Waals surface area contributed by atoms with Crippen molar-refractivity contribution < 1.29 is 18.0 Å². The predicted molar refractivity (Wildman–Crippen MR) is 108 cm³/mol. The van der Waals surface area contributed by atoms with Gasteiger partial charge in [-0.15, -0.1) is 0 Å². The summed E-state index contributed by atoms with van der Waals surface area (Å²) < 4.78 is 40.9. The molecule has 2 aromatic carbocycles. The van der Waals surface area contributed by atoms with Gasteiger partial charge < -0.3 is 9.88 Å². The van der Waals surface area contributed by atoms with Gasteiger partial charge in [-0.1, -0.05) is 23.7 Å². The summed E-state index contributed by atoms with van der Waals surface area (Å²) in [5.41, 5.74) is 0.761. The molecule has 1 aliphatic heterocycles. The van der Waals surface area contributed by atoms with Crippen LogP contribution in [-0.4, -0.2) is 20.6 Å². The Bertz CT molecular complexity index is 1200. The number of amides is 1. The number of aromatic nitrogens is 2. The normalized spacial score (nSPS) is 17.5. The standard InChI is InChI=1S/C19H12ClF3N4OS/c1-27-14-5-3-2-4-13(14)25-16(27)9-15-17(28)26-18(29-15)24-10-6-7-12(20)11(8-10)19(21,22)23/h2-9H,1H3,(H,24,26,28). The van der Waals surface area contributed by atoms with Crippen LogP contribution in [0.4, 0.5) is 18.9 Å². The van der Waals surface area contributed by atoms with E-state index in [9.17, 15) is 18.0 Å². The predicted octanol–water partition coefficient (Wildman–Crippen LogP) is 5.14. The van der Waals surface area contributed by atoms with Gasteiger partial charge in [0, 0.05) is 13.1 Å². The molecule has 1 saturated heterocycles. The Labute approximate surface area is 172 Å². The molecule has 29 heavy (non-hydrogen) atoms. The zero-order chi connectivity index (χ0) is 20.8. The van der Waals surface area contributed by atoms with Gasteiger partial charge in [-0.05, 0) is 42.1 Å². The molecule has 4 rings (SSSR count). The van der Waals surface area contributed by atoms with Gasteiger partial charge in [-0.25, -0.2) is 9.98 Å². The monoisotopic (exact) mass is 436 g/mol. The SMILES string of the molecule is Cn1c(C=C2SC(=Nc3ccc(Cl)c(C(F)(F)F)c3)NC2=O)nc2ccccc21. The zero-order valence-electron chi connectivity index (χ0n) is 14.8. The van der Waals surface area contributed by atoms with Crippen LogP contribution in [0.25, 0.3) is 17.1 Å². The summed E-state index contributed by atoms with van der Waals surface area (Å²) in [4.78, 5) is 21.2. The molecular formula is C19H12ClF3N4OS. The molecule has 3 aromatic rings. The van der Waals surface area contributed by atoms with Gasteiger partial charge in [0.1, 0.15) is 5.82 Å². The van der Waals surface area contributed by atoms with Crippen molar-refractivity contribution in [3.63, 3.8) is 0 Å². The Morgan fingerprint density at radius 1 is 1.24 bits per heavy atom. The Morgan fingerprint density at radius 3 is 2.72 bits per heavy atom. The first-order chi connectivity index (χ1) is 13.7. The Balaban J connectivity index is 1.64. The summed E-state index contributed by atoms with van der Waals surface area (Å²) in [6.07, 6.45) is -2.98. The van der Waals surface area contributed by atoms with Crippen LogP contribution in [0.3, 0.4) is 0 Å². The third-order valence-electron chi connectivity index (χ3n) is 4.22. The van der Waals surface area contributed by atoms with E-state index in [-0.39, 0.29) is 10.9 Å². The smallest absolute Gasteiger partial charge is 0.328 e. The molecule has 148 valence electrons. The number of thioether (sulfide) groups is 1. The molecule has 1 aromatic heterocycles. The summed E-state index contributed by atoms with van der Waals surface area (Å²) in [6, 6.07) is 10.9. The molecule has 2 heterocycles. The number of aliphatic imine (C=N–C) groups is 1. The lowest BCUT2D eigenvalue weighted by Crippen LogP contribution is -2.19. The van der Waals surface area contributed by atoms with Crippen LogP contribution in [-0.2, 0) is 18.0 Å². The summed E-state index contributed by atoms with van der Waals surface area (Å²) in [7, 11) is 1.83. The van der Waals surface area contributed by atoms with Gasteiger partial charge in [0.15, 0.2) is 5.17 Å². The minimum atomic E-state index is -4.59. The number of carbonyl (C=O) groups excluding carboxylic acids is 1. The highest BCUT2D eigenvalue weighted by Gasteiger charge is 2.33. The van der Waals surface area contributed by atoms with Gasteiger partial charge in [-0.3, -0.25) is 4.79 Å². The number of amidine groups is 1. The molecule has 0 radical (unpaired) electrons. The van der Waals surface area contributed by atoms with E-state index in [4.69, 9.17) is 11.6 Å². The second kappa shape index (κ2) is 7.23. The van der Waals surface area contributed by atoms with E-state index >= 15 is 0 Å². The molecule has 1 fully saturated rings. The average molecular weight is 437 g/mol. The Morgan fingerprint density at radius 2 is 2.00 bits per heavy atom. The summed E-state index contributed by atoms with van der Waals surface area (Å²) in [6.45, 7) is 0. The number of halogens is 4. The molecule has 0 aliphatic carbocycles. The van der Waals surface area contributed by atoms with Gasteiger partial charge >= 0.3 is 6.18 Å². The number of aryl methyl sites for hydroxylation is 1. The maximum atomic E-state index is 13.0. The fraction of sp³-hybridized carbons (Fsp3) is 0.105. The van der Waals surface area contributed by atoms with Crippen molar-refractivity contribution in [1.82, 2.24) is 14.9 Å². The first-order valence-corrected chi connectivity index (χ1v) is 9.49. The number of carbonyl (C=O) groups is 1. The summed E-state index contributed by atoms with van der Waals surface area (Å²) >= 11 is 6.65. The van der Waals surface area contributed by atoms with Gasteiger partial charge in [0.25, 0.3) is 5.91 Å². The van der Waals surface area contributed by atoms with Crippen molar-refractivity contribution in [2.75, 3.05) is 0 Å². The molecule has 0 atom stereocenters. The topological polar surface area (TPSA) is 59.3 Å². The maximum Gasteiger partial charge on any atom is 0.417 e. The van der Waals surface area contributed by atoms with Crippen LogP contribution in [0.15, 0.2) is 52.4 Å². The number of nitrogens with one attached hydrogen (secondary N) is 1. The van der Waals surface area contributed by atoms with E-state index < -0.39 is 22.7 Å². The van der Waals surface area contributed by atoms with Crippen LogP contribution >= 0.6 is 23.4 Å². The largest absolute Gasteiger partial charge is 0.417 e. The quantitative estimate of drug-likeness (QED) is 0.566. The molecule has 1 aliphatic rings. The Hall–Kier alpha value is -2.78. The number of para-hydroxylation sites is 2. The lowest BCUT2D eigenvalue weighted by Gasteiger charge is -2.09. The van der Waals surface area contributed by atoms with E-state index in [1.807, 2.05) is 35.9 Å². The molecule has 0 saturated carbocycles. The van der Waals surface area contributed by atoms with E-state index in [0.29, 0.717) is 10.7 Å². The molecule has 0 spiro atoms. The van der Waals surface area contributed by atoms with E-state index in [1.165, 1.54) is 6.07 Å². The molecule has 0 bridgehead atoms. The third-order valence-corrected chi connectivity index (χ3v) is 5.46. The minimum absolute atomic E-state index is 0.0357. The lowest BCUT2D eigenvalue weighted by atomic mass is 10.2. The van der Waals surface area contributed by atoms with Gasteiger partial charge in [0.2, 0.25) is 0 Å². The van der Waals surface area contributed by atoms with Gasteiger partial charge in [-0.2, -0.15) is 13.2 Å². The number of hydrogen-bond donors (Lipinski definition) is 1. The molecule has 1 amide bonds. The van der Waals surface area contributed by atoms with E-state index in [1.54, 1.807) is 6.08 Å². The van der Waals surface area contributed by atoms with Crippen molar-refractivity contribution in [3.05, 3.63) is 63.8 Å². The fourth-order valence-electron chi connectivity index (χ4n) is 2.81. The van der Waals surface area contributed by atoms with Crippen LogP contribution in [0.2, 0.25) is 5.02 Å². The first kappa shape index (κ1) is 19.5. The molecule has 1 N–H and O–H groups in total. The van der Waals surface area contributed by atoms with Crippen molar-refractivity contribution in [2.45, 2.75) is 6.18 Å². The van der Waals surface area contributed by atoms with E-state index in [0.717, 1.165) is 34.9 Å². The lowest BCUT2D eigenvalue weighted by molar-refractivity contribution is -0.137. The molecular weight excluding hydrogens is 425 g/mol. The van der Waals surface area contributed by atoms with Crippen LogP contribution < -0.4 is 5.32 Å². The van der Waals surface area contributed by atoms with Crippen LogP contribution in [0.1, 0.15) is 11.4 Å². The molecule has 10 heteroatoms. The molecule has 5 nitrogen and oxygen atoms in total. The summed E-state index contributed by atoms with van der Waals surface area (Å²) in [5, 5.41) is 2.32. The van der Waals surface area contributed by atoms with Crippen molar-refractivity contribution >= 4 is 57.2 Å². The number of rotatable bonds is 2. The number of fused-ring (bicyclic) bond motifs is 1. The van der Waals surface area contributed by atoms with Crippen molar-refractivity contribution in [1.29, 1.82) is 0 Å². The second-order valence-corrected chi connectivity index (χ2v) is 7.60. The highest BCUT2D eigenvalue weighted by Crippen LogP contribution is 2.37. The number of nitrogens with zero attached hydrogens (tertiary/aromatic N) is 3. The van der Waals surface area contributed by atoms with Gasteiger partial charge in [0.05, 0.1) is 32.2 Å². The Kier molecular flexibility index (Phi) is 4.87. The number of benzene rings is 2. The van der Waals surface area contributed by atoms with E-state index in [2.05, 4.69) is 15.3 Å². The van der Waals surface area contributed by atoms with Crippen LogP contribution in [0.5, 0.6) is 0 Å². The van der Waals surface area contributed by atoms with Crippen LogP contribution in [0, 0.1) is 0 Å².